The molecule has 0 spiro atoms. The van der Waals surface area contributed by atoms with Crippen molar-refractivity contribution in [1.29, 1.82) is 0 Å². The second kappa shape index (κ2) is 2.42. The van der Waals surface area contributed by atoms with E-state index in [4.69, 9.17) is 0 Å². The third kappa shape index (κ3) is 0.881. The minimum absolute atomic E-state index is 0.256. The molecule has 0 unspecified atom stereocenters. The summed E-state index contributed by atoms with van der Waals surface area (Å²) in [5.41, 5.74) is 0. The zero-order valence-corrected chi connectivity index (χ0v) is 6.36. The molecule has 4 nitrogen and oxygen atoms in total. The average molecular weight is 167 g/mol. The molecule has 0 aromatic heterocycles. The predicted molar refractivity (Wildman–Crippen MR) is 39.9 cm³/mol. The summed E-state index contributed by atoms with van der Waals surface area (Å²) in [6.07, 6.45) is 3.07. The normalized spacial score (nSPS) is 39.6. The lowest BCUT2D eigenvalue weighted by Gasteiger charge is -2.21. The lowest BCUT2D eigenvalue weighted by Crippen LogP contribution is -2.32. The first kappa shape index (κ1) is 7.49. The summed E-state index contributed by atoms with van der Waals surface area (Å²) < 4.78 is 0. The lowest BCUT2D eigenvalue weighted by molar-refractivity contribution is -0.126. The molecule has 4 heteroatoms. The summed E-state index contributed by atoms with van der Waals surface area (Å²) in [6, 6.07) is 0. The summed E-state index contributed by atoms with van der Waals surface area (Å²) in [5, 5.41) is 11.6. The third-order valence-corrected chi connectivity index (χ3v) is 2.41. The topological polar surface area (TPSA) is 66.4 Å². The summed E-state index contributed by atoms with van der Waals surface area (Å²) in [6.45, 7) is 0. The van der Waals surface area contributed by atoms with Crippen molar-refractivity contribution in [2.45, 2.75) is 12.5 Å². The molecule has 0 aromatic rings. The summed E-state index contributed by atoms with van der Waals surface area (Å²) in [5.74, 6) is -1.50. The number of amides is 2. The van der Waals surface area contributed by atoms with Crippen molar-refractivity contribution in [3.05, 3.63) is 12.2 Å². The average Bonchev–Trinajstić information content (AvgIpc) is 2.29. The Kier molecular flexibility index (Phi) is 1.51. The number of rotatable bonds is 0. The molecule has 12 heavy (non-hydrogen) atoms. The number of imide groups is 1. The van der Waals surface area contributed by atoms with E-state index < -0.39 is 12.0 Å². The van der Waals surface area contributed by atoms with Gasteiger partial charge in [-0.05, 0) is 6.42 Å². The van der Waals surface area contributed by atoms with Crippen LogP contribution in [0, 0.1) is 11.8 Å². The molecular formula is C8H9NO3. The Hall–Kier alpha value is -1.16. The number of hydrogen-bond donors (Lipinski definition) is 2. The second-order valence-corrected chi connectivity index (χ2v) is 3.14. The van der Waals surface area contributed by atoms with Crippen molar-refractivity contribution >= 4 is 11.8 Å². The molecule has 1 fully saturated rings. The zero-order valence-electron chi connectivity index (χ0n) is 6.36. The highest BCUT2D eigenvalue weighted by Gasteiger charge is 2.45. The van der Waals surface area contributed by atoms with Crippen LogP contribution in [-0.4, -0.2) is 23.0 Å². The van der Waals surface area contributed by atoms with Crippen LogP contribution < -0.4 is 5.32 Å². The van der Waals surface area contributed by atoms with Gasteiger partial charge in [0.1, 0.15) is 0 Å². The summed E-state index contributed by atoms with van der Waals surface area (Å²) in [4.78, 5) is 22.2. The first-order valence-electron chi connectivity index (χ1n) is 3.89. The molecule has 1 saturated heterocycles. The summed E-state index contributed by atoms with van der Waals surface area (Å²) >= 11 is 0. The van der Waals surface area contributed by atoms with Crippen molar-refractivity contribution in [2.75, 3.05) is 0 Å². The Labute approximate surface area is 69.3 Å². The first-order chi connectivity index (χ1) is 5.70. The van der Waals surface area contributed by atoms with E-state index in [9.17, 15) is 14.7 Å². The number of allylic oxidation sites excluding steroid dienone is 1. The Morgan fingerprint density at radius 1 is 1.42 bits per heavy atom. The van der Waals surface area contributed by atoms with Crippen molar-refractivity contribution in [3.8, 4) is 0 Å². The highest BCUT2D eigenvalue weighted by Crippen LogP contribution is 2.30. The van der Waals surface area contributed by atoms with Crippen LogP contribution in [0.3, 0.4) is 0 Å². The van der Waals surface area contributed by atoms with Crippen molar-refractivity contribution < 1.29 is 14.7 Å². The van der Waals surface area contributed by atoms with E-state index in [2.05, 4.69) is 5.32 Å². The predicted octanol–water partition coefficient (Wildman–Crippen LogP) is -0.804. The second-order valence-electron chi connectivity index (χ2n) is 3.14. The van der Waals surface area contributed by atoms with E-state index in [0.717, 1.165) is 0 Å². The zero-order chi connectivity index (χ0) is 8.72. The van der Waals surface area contributed by atoms with Crippen LogP contribution in [0.15, 0.2) is 12.2 Å². The maximum absolute atomic E-state index is 11.1. The molecule has 2 aliphatic rings. The Morgan fingerprint density at radius 2 is 2.17 bits per heavy atom. The molecule has 3 atom stereocenters. The molecule has 0 aromatic carbocycles. The van der Waals surface area contributed by atoms with E-state index in [-0.39, 0.29) is 17.7 Å². The van der Waals surface area contributed by atoms with E-state index >= 15 is 0 Å². The van der Waals surface area contributed by atoms with Gasteiger partial charge in [0.25, 0.3) is 0 Å². The van der Waals surface area contributed by atoms with Crippen molar-refractivity contribution in [3.63, 3.8) is 0 Å². The van der Waals surface area contributed by atoms with Gasteiger partial charge in [0.2, 0.25) is 11.8 Å². The van der Waals surface area contributed by atoms with E-state index in [1.807, 2.05) is 0 Å². The fourth-order valence-electron chi connectivity index (χ4n) is 1.77. The van der Waals surface area contributed by atoms with Crippen molar-refractivity contribution in [1.82, 2.24) is 5.32 Å². The van der Waals surface area contributed by atoms with E-state index in [1.54, 1.807) is 12.2 Å². The highest BCUT2D eigenvalue weighted by atomic mass is 16.3. The molecule has 0 radical (unpaired) electrons. The lowest BCUT2D eigenvalue weighted by atomic mass is 9.83. The van der Waals surface area contributed by atoms with Crippen LogP contribution in [0.2, 0.25) is 0 Å². The third-order valence-electron chi connectivity index (χ3n) is 2.41. The largest absolute Gasteiger partial charge is 0.388 e. The number of nitrogens with one attached hydrogen (secondary N) is 1. The van der Waals surface area contributed by atoms with Gasteiger partial charge < -0.3 is 5.11 Å². The van der Waals surface area contributed by atoms with Gasteiger partial charge in [-0.15, -0.1) is 0 Å². The SMILES string of the molecule is O=C1NC(=O)[C@@H]2CC=C[C@@H](O)[C@@H]12. The van der Waals surface area contributed by atoms with Gasteiger partial charge in [-0.2, -0.15) is 0 Å². The minimum atomic E-state index is -0.796. The Bertz CT molecular complexity index is 271. The highest BCUT2D eigenvalue weighted by molar-refractivity contribution is 6.05. The van der Waals surface area contributed by atoms with Gasteiger partial charge in [0.05, 0.1) is 17.9 Å². The van der Waals surface area contributed by atoms with Crippen LogP contribution in [-0.2, 0) is 9.59 Å². The van der Waals surface area contributed by atoms with Gasteiger partial charge in [0, 0.05) is 0 Å². The molecule has 1 aliphatic heterocycles. The van der Waals surface area contributed by atoms with Crippen LogP contribution in [0.25, 0.3) is 0 Å². The molecule has 0 bridgehead atoms. The van der Waals surface area contributed by atoms with Gasteiger partial charge in [-0.25, -0.2) is 0 Å². The first-order valence-corrected chi connectivity index (χ1v) is 3.89. The Balaban J connectivity index is 2.32. The fraction of sp³-hybridized carbons (Fsp3) is 0.500. The fourth-order valence-corrected chi connectivity index (χ4v) is 1.77. The van der Waals surface area contributed by atoms with Gasteiger partial charge in [-0.3, -0.25) is 14.9 Å². The number of fused-ring (bicyclic) bond motifs is 1. The van der Waals surface area contributed by atoms with Crippen LogP contribution in [0.4, 0.5) is 0 Å². The molecule has 1 heterocycles. The van der Waals surface area contributed by atoms with Crippen LogP contribution in [0.1, 0.15) is 6.42 Å². The quantitative estimate of drug-likeness (QED) is 0.366. The van der Waals surface area contributed by atoms with Gasteiger partial charge in [0.15, 0.2) is 0 Å². The van der Waals surface area contributed by atoms with Gasteiger partial charge in [-0.1, -0.05) is 12.2 Å². The number of aliphatic hydroxyl groups excluding tert-OH is 1. The number of carbonyl (C=O) groups is 2. The smallest absolute Gasteiger partial charge is 0.233 e. The maximum Gasteiger partial charge on any atom is 0.233 e. The minimum Gasteiger partial charge on any atom is -0.388 e. The van der Waals surface area contributed by atoms with Gasteiger partial charge >= 0.3 is 0 Å². The molecule has 64 valence electrons. The molecule has 0 saturated carbocycles. The standard InChI is InChI=1S/C8H9NO3/c10-5-3-1-2-4-6(5)8(12)9-7(4)11/h1,3-6,10H,2H2,(H,9,11,12)/t4-,5-,6+/m1/s1. The molecular weight excluding hydrogens is 158 g/mol. The van der Waals surface area contributed by atoms with E-state index in [0.29, 0.717) is 6.42 Å². The molecule has 2 amide bonds. The maximum atomic E-state index is 11.1. The molecule has 2 rings (SSSR count). The molecule has 1 aliphatic carbocycles. The number of hydrogen-bond acceptors (Lipinski definition) is 3. The van der Waals surface area contributed by atoms with Crippen LogP contribution in [0.5, 0.6) is 0 Å². The molecule has 2 N–H and O–H groups in total. The monoisotopic (exact) mass is 167 g/mol. The van der Waals surface area contributed by atoms with Crippen molar-refractivity contribution in [2.24, 2.45) is 11.8 Å². The number of carbonyl (C=O) groups excluding carboxylic acids is 2. The van der Waals surface area contributed by atoms with E-state index in [1.165, 1.54) is 0 Å². The summed E-state index contributed by atoms with van der Waals surface area (Å²) in [7, 11) is 0. The number of aliphatic hydroxyl groups is 1. The Morgan fingerprint density at radius 3 is 2.83 bits per heavy atom. The van der Waals surface area contributed by atoms with Crippen LogP contribution >= 0.6 is 0 Å².